The summed E-state index contributed by atoms with van der Waals surface area (Å²) in [6, 6.07) is 0. The summed E-state index contributed by atoms with van der Waals surface area (Å²) >= 11 is 0. The van der Waals surface area contributed by atoms with Crippen molar-refractivity contribution in [2.24, 2.45) is 0 Å². The molecule has 3 heterocycles. The number of hydrogen-bond acceptors (Lipinski definition) is 3. The molecule has 0 radical (unpaired) electrons. The largest absolute Gasteiger partial charge is 0.478 e. The van der Waals surface area contributed by atoms with E-state index in [1.165, 1.54) is 0 Å². The van der Waals surface area contributed by atoms with E-state index in [9.17, 15) is 4.79 Å². The van der Waals surface area contributed by atoms with Crippen LogP contribution in [0.2, 0.25) is 0 Å². The summed E-state index contributed by atoms with van der Waals surface area (Å²) < 4.78 is 0. The van der Waals surface area contributed by atoms with Crippen LogP contribution in [0.4, 0.5) is 0 Å². The number of fused-ring (bicyclic) bond motifs is 2. The standard InChI is InChI=1S/C13H12N2O2/c16-13(17)10-4-7-15-6-3-9-2-1-5-14-12(9)11(15)8-10/h1-4,7-8,14H,5-6H2,(H,16,17). The maximum absolute atomic E-state index is 11.0. The fourth-order valence-electron chi connectivity index (χ4n) is 2.17. The molecule has 0 aromatic carbocycles. The molecule has 0 aliphatic carbocycles. The highest BCUT2D eigenvalue weighted by atomic mass is 16.4. The number of nitrogens with zero attached hydrogens (tertiary/aromatic N) is 1. The molecular formula is C13H12N2O2. The summed E-state index contributed by atoms with van der Waals surface area (Å²) in [6.45, 7) is 1.56. The molecule has 0 aromatic rings. The van der Waals surface area contributed by atoms with Crippen LogP contribution in [0.3, 0.4) is 0 Å². The van der Waals surface area contributed by atoms with Gasteiger partial charge in [0.1, 0.15) is 0 Å². The Balaban J connectivity index is 2.09. The third-order valence-corrected chi connectivity index (χ3v) is 3.03. The average Bonchev–Trinajstić information content (AvgIpc) is 2.38. The molecule has 2 N–H and O–H groups in total. The Morgan fingerprint density at radius 2 is 2.29 bits per heavy atom. The number of aliphatic carboxylic acids is 1. The Hall–Kier alpha value is -2.23. The molecule has 0 saturated heterocycles. The van der Waals surface area contributed by atoms with Crippen LogP contribution in [0.5, 0.6) is 0 Å². The SMILES string of the molecule is O=C(O)C1=CC2=C3NCC=CC3=CCN2C=C1. The van der Waals surface area contributed by atoms with Crippen LogP contribution in [0.25, 0.3) is 0 Å². The molecule has 86 valence electrons. The van der Waals surface area contributed by atoms with Gasteiger partial charge in [-0.15, -0.1) is 0 Å². The Bertz CT molecular complexity index is 536. The molecule has 4 nitrogen and oxygen atoms in total. The molecule has 0 amide bonds. The van der Waals surface area contributed by atoms with Crippen molar-refractivity contribution in [2.45, 2.75) is 0 Å². The predicted octanol–water partition coefficient (Wildman–Crippen LogP) is 1.14. The minimum atomic E-state index is -0.892. The monoisotopic (exact) mass is 228 g/mol. The second-order valence-corrected chi connectivity index (χ2v) is 4.08. The van der Waals surface area contributed by atoms with E-state index in [4.69, 9.17) is 5.11 Å². The summed E-state index contributed by atoms with van der Waals surface area (Å²) in [6.07, 6.45) is 11.4. The molecule has 3 aliphatic rings. The fourth-order valence-corrected chi connectivity index (χ4v) is 2.17. The van der Waals surface area contributed by atoms with Gasteiger partial charge in [0.05, 0.1) is 17.0 Å². The molecule has 0 saturated carbocycles. The van der Waals surface area contributed by atoms with E-state index in [1.54, 1.807) is 12.2 Å². The smallest absolute Gasteiger partial charge is 0.335 e. The molecule has 4 heteroatoms. The highest BCUT2D eigenvalue weighted by molar-refractivity contribution is 5.91. The van der Waals surface area contributed by atoms with Gasteiger partial charge in [-0.2, -0.15) is 0 Å². The van der Waals surface area contributed by atoms with Crippen LogP contribution in [0.1, 0.15) is 0 Å². The molecule has 3 aliphatic heterocycles. The van der Waals surface area contributed by atoms with E-state index >= 15 is 0 Å². The van der Waals surface area contributed by atoms with Gasteiger partial charge in [0.2, 0.25) is 0 Å². The molecule has 0 fully saturated rings. The van der Waals surface area contributed by atoms with E-state index in [-0.39, 0.29) is 0 Å². The molecule has 17 heavy (non-hydrogen) atoms. The van der Waals surface area contributed by atoms with Gasteiger partial charge in [-0.3, -0.25) is 0 Å². The zero-order valence-corrected chi connectivity index (χ0v) is 9.18. The van der Waals surface area contributed by atoms with Crippen LogP contribution in [-0.2, 0) is 4.79 Å². The first-order valence-electron chi connectivity index (χ1n) is 5.51. The Morgan fingerprint density at radius 3 is 3.12 bits per heavy atom. The average molecular weight is 228 g/mol. The Labute approximate surface area is 98.9 Å². The van der Waals surface area contributed by atoms with Gasteiger partial charge in [0.15, 0.2) is 0 Å². The van der Waals surface area contributed by atoms with E-state index in [0.717, 1.165) is 30.1 Å². The summed E-state index contributed by atoms with van der Waals surface area (Å²) in [5.74, 6) is -0.892. The number of carboxylic acids is 1. The van der Waals surface area contributed by atoms with E-state index in [2.05, 4.69) is 23.5 Å². The van der Waals surface area contributed by atoms with Crippen LogP contribution in [0.15, 0.2) is 59.1 Å². The predicted molar refractivity (Wildman–Crippen MR) is 63.8 cm³/mol. The van der Waals surface area contributed by atoms with Crippen molar-refractivity contribution >= 4 is 5.97 Å². The van der Waals surface area contributed by atoms with Crippen molar-refractivity contribution < 1.29 is 9.90 Å². The van der Waals surface area contributed by atoms with Crippen molar-refractivity contribution in [3.05, 3.63) is 59.1 Å². The van der Waals surface area contributed by atoms with Gasteiger partial charge in [-0.05, 0) is 17.7 Å². The minimum absolute atomic E-state index is 0.321. The third-order valence-electron chi connectivity index (χ3n) is 3.03. The van der Waals surface area contributed by atoms with Crippen LogP contribution in [-0.4, -0.2) is 29.1 Å². The maximum Gasteiger partial charge on any atom is 0.335 e. The first kappa shape index (κ1) is 9.96. The Kier molecular flexibility index (Phi) is 2.14. The third kappa shape index (κ3) is 1.58. The lowest BCUT2D eigenvalue weighted by Crippen LogP contribution is -2.31. The number of hydrogen-bond donors (Lipinski definition) is 2. The summed E-state index contributed by atoms with van der Waals surface area (Å²) in [5, 5.41) is 12.3. The molecule has 0 bridgehead atoms. The number of allylic oxidation sites excluding steroid dienone is 2. The molecular weight excluding hydrogens is 216 g/mol. The lowest BCUT2D eigenvalue weighted by atomic mass is 9.99. The van der Waals surface area contributed by atoms with Gasteiger partial charge in [0, 0.05) is 19.3 Å². The second-order valence-electron chi connectivity index (χ2n) is 4.08. The van der Waals surface area contributed by atoms with Gasteiger partial charge in [0.25, 0.3) is 0 Å². The highest BCUT2D eigenvalue weighted by Crippen LogP contribution is 2.28. The molecule has 0 atom stereocenters. The van der Waals surface area contributed by atoms with Crippen molar-refractivity contribution in [1.29, 1.82) is 0 Å². The lowest BCUT2D eigenvalue weighted by molar-refractivity contribution is -0.132. The summed E-state index contributed by atoms with van der Waals surface area (Å²) in [7, 11) is 0. The minimum Gasteiger partial charge on any atom is -0.478 e. The van der Waals surface area contributed by atoms with Crippen molar-refractivity contribution in [1.82, 2.24) is 10.2 Å². The van der Waals surface area contributed by atoms with E-state index in [0.29, 0.717) is 5.57 Å². The number of carboxylic acid groups (broad SMARTS) is 1. The van der Waals surface area contributed by atoms with Crippen LogP contribution < -0.4 is 5.32 Å². The second kappa shape index (κ2) is 3.66. The lowest BCUT2D eigenvalue weighted by Gasteiger charge is -2.32. The number of carbonyl (C=O) groups is 1. The molecule has 0 unspecified atom stereocenters. The van der Waals surface area contributed by atoms with Crippen molar-refractivity contribution in [3.63, 3.8) is 0 Å². The summed E-state index contributed by atoms with van der Waals surface area (Å²) in [4.78, 5) is 13.0. The number of nitrogens with one attached hydrogen (secondary N) is 1. The fraction of sp³-hybridized carbons (Fsp3) is 0.154. The maximum atomic E-state index is 11.0. The van der Waals surface area contributed by atoms with E-state index < -0.39 is 5.97 Å². The first-order chi connectivity index (χ1) is 8.25. The van der Waals surface area contributed by atoms with Crippen molar-refractivity contribution in [2.75, 3.05) is 13.1 Å². The van der Waals surface area contributed by atoms with Crippen LogP contribution >= 0.6 is 0 Å². The van der Waals surface area contributed by atoms with Gasteiger partial charge in [-0.1, -0.05) is 18.2 Å². The van der Waals surface area contributed by atoms with E-state index in [1.807, 2.05) is 11.1 Å². The number of rotatable bonds is 1. The van der Waals surface area contributed by atoms with Gasteiger partial charge < -0.3 is 15.3 Å². The topological polar surface area (TPSA) is 52.6 Å². The van der Waals surface area contributed by atoms with Gasteiger partial charge in [-0.25, -0.2) is 4.79 Å². The molecule has 0 aromatic heterocycles. The Morgan fingerprint density at radius 1 is 1.41 bits per heavy atom. The van der Waals surface area contributed by atoms with Gasteiger partial charge >= 0.3 is 5.97 Å². The zero-order chi connectivity index (χ0) is 11.8. The molecule has 3 rings (SSSR count). The molecule has 0 spiro atoms. The van der Waals surface area contributed by atoms with Crippen molar-refractivity contribution in [3.8, 4) is 0 Å². The zero-order valence-electron chi connectivity index (χ0n) is 9.18. The normalized spacial score (nSPS) is 21.3. The first-order valence-corrected chi connectivity index (χ1v) is 5.51. The van der Waals surface area contributed by atoms with Crippen LogP contribution in [0, 0.1) is 0 Å². The highest BCUT2D eigenvalue weighted by Gasteiger charge is 2.23. The quantitative estimate of drug-likeness (QED) is 0.706. The summed E-state index contributed by atoms with van der Waals surface area (Å²) in [5.41, 5.74) is 3.41.